The lowest BCUT2D eigenvalue weighted by Gasteiger charge is -2.20. The SMILES string of the molecule is CCCCOC(C)NC(C)OCCCC. The highest BCUT2D eigenvalue weighted by Crippen LogP contribution is 1.96. The summed E-state index contributed by atoms with van der Waals surface area (Å²) in [5, 5.41) is 3.25. The van der Waals surface area contributed by atoms with E-state index in [0.717, 1.165) is 26.1 Å². The van der Waals surface area contributed by atoms with Gasteiger partial charge in [0.1, 0.15) is 12.5 Å². The minimum atomic E-state index is 0.0770. The van der Waals surface area contributed by atoms with Crippen molar-refractivity contribution in [3.05, 3.63) is 0 Å². The van der Waals surface area contributed by atoms with Crippen molar-refractivity contribution in [3.8, 4) is 0 Å². The van der Waals surface area contributed by atoms with Crippen LogP contribution in [0.4, 0.5) is 0 Å². The van der Waals surface area contributed by atoms with Gasteiger partial charge in [-0.15, -0.1) is 0 Å². The predicted molar refractivity (Wildman–Crippen MR) is 63.8 cm³/mol. The lowest BCUT2D eigenvalue weighted by molar-refractivity contribution is -0.0316. The molecule has 1 N–H and O–H groups in total. The van der Waals surface area contributed by atoms with E-state index in [1.54, 1.807) is 0 Å². The van der Waals surface area contributed by atoms with Gasteiger partial charge in [-0.3, -0.25) is 5.32 Å². The Morgan fingerprint density at radius 1 is 0.867 bits per heavy atom. The summed E-state index contributed by atoms with van der Waals surface area (Å²) in [5.41, 5.74) is 0. The Labute approximate surface area is 94.5 Å². The molecule has 0 aliphatic carbocycles. The molecule has 92 valence electrons. The first-order valence-electron chi connectivity index (χ1n) is 6.20. The topological polar surface area (TPSA) is 30.5 Å². The summed E-state index contributed by atoms with van der Waals surface area (Å²) in [6.07, 6.45) is 4.75. The maximum atomic E-state index is 5.57. The average molecular weight is 217 g/mol. The van der Waals surface area contributed by atoms with Crippen molar-refractivity contribution in [1.29, 1.82) is 0 Å². The molecule has 3 heteroatoms. The van der Waals surface area contributed by atoms with Gasteiger partial charge in [0.05, 0.1) is 0 Å². The van der Waals surface area contributed by atoms with Crippen molar-refractivity contribution in [2.45, 2.75) is 65.8 Å². The van der Waals surface area contributed by atoms with Gasteiger partial charge in [0, 0.05) is 13.2 Å². The summed E-state index contributed by atoms with van der Waals surface area (Å²) in [6.45, 7) is 10.0. The van der Waals surface area contributed by atoms with E-state index < -0.39 is 0 Å². The largest absolute Gasteiger partial charge is 0.364 e. The Bertz CT molecular complexity index is 117. The fraction of sp³-hybridized carbons (Fsp3) is 1.00. The molecule has 0 aliphatic rings. The second-order valence-electron chi connectivity index (χ2n) is 3.90. The maximum absolute atomic E-state index is 5.57. The molecule has 15 heavy (non-hydrogen) atoms. The highest BCUT2D eigenvalue weighted by Gasteiger charge is 2.06. The van der Waals surface area contributed by atoms with E-state index in [-0.39, 0.29) is 12.5 Å². The summed E-state index contributed by atoms with van der Waals surface area (Å²) in [4.78, 5) is 0. The number of nitrogens with one attached hydrogen (secondary N) is 1. The van der Waals surface area contributed by atoms with Crippen LogP contribution < -0.4 is 5.32 Å². The Hall–Kier alpha value is -0.120. The number of unbranched alkanes of at least 4 members (excludes halogenated alkanes) is 2. The van der Waals surface area contributed by atoms with Crippen LogP contribution in [0, 0.1) is 0 Å². The molecule has 2 atom stereocenters. The van der Waals surface area contributed by atoms with Crippen LogP contribution in [0.25, 0.3) is 0 Å². The van der Waals surface area contributed by atoms with Crippen molar-refractivity contribution in [3.63, 3.8) is 0 Å². The lowest BCUT2D eigenvalue weighted by atomic mass is 10.3. The molecule has 0 spiro atoms. The van der Waals surface area contributed by atoms with Gasteiger partial charge in [-0.1, -0.05) is 26.7 Å². The van der Waals surface area contributed by atoms with E-state index in [2.05, 4.69) is 19.2 Å². The first kappa shape index (κ1) is 14.9. The fourth-order valence-electron chi connectivity index (χ4n) is 1.24. The summed E-state index contributed by atoms with van der Waals surface area (Å²) >= 11 is 0. The van der Waals surface area contributed by atoms with Crippen molar-refractivity contribution >= 4 is 0 Å². The average Bonchev–Trinajstić information content (AvgIpc) is 2.18. The minimum Gasteiger partial charge on any atom is -0.364 e. The quantitative estimate of drug-likeness (QED) is 0.451. The lowest BCUT2D eigenvalue weighted by Crippen LogP contribution is -2.38. The van der Waals surface area contributed by atoms with Gasteiger partial charge in [-0.2, -0.15) is 0 Å². The zero-order chi connectivity index (χ0) is 11.5. The van der Waals surface area contributed by atoms with Gasteiger partial charge in [-0.05, 0) is 26.7 Å². The van der Waals surface area contributed by atoms with E-state index in [1.807, 2.05) is 13.8 Å². The van der Waals surface area contributed by atoms with Gasteiger partial charge in [0.2, 0.25) is 0 Å². The molecule has 2 unspecified atom stereocenters. The first-order valence-corrected chi connectivity index (χ1v) is 6.20. The van der Waals surface area contributed by atoms with Crippen LogP contribution in [0.3, 0.4) is 0 Å². The van der Waals surface area contributed by atoms with Gasteiger partial charge < -0.3 is 9.47 Å². The van der Waals surface area contributed by atoms with Crippen LogP contribution in [-0.2, 0) is 9.47 Å². The van der Waals surface area contributed by atoms with Gasteiger partial charge >= 0.3 is 0 Å². The third-order valence-corrected chi connectivity index (χ3v) is 2.20. The standard InChI is InChI=1S/C12H27NO2/c1-5-7-9-14-11(3)13-12(4)15-10-8-6-2/h11-13H,5-10H2,1-4H3. The van der Waals surface area contributed by atoms with E-state index in [0.29, 0.717) is 0 Å². The van der Waals surface area contributed by atoms with Crippen LogP contribution in [0.2, 0.25) is 0 Å². The van der Waals surface area contributed by atoms with Crippen molar-refractivity contribution < 1.29 is 9.47 Å². The van der Waals surface area contributed by atoms with E-state index in [4.69, 9.17) is 9.47 Å². The number of ether oxygens (including phenoxy) is 2. The third-order valence-electron chi connectivity index (χ3n) is 2.20. The fourth-order valence-corrected chi connectivity index (χ4v) is 1.24. The monoisotopic (exact) mass is 217 g/mol. The van der Waals surface area contributed by atoms with Crippen LogP contribution in [0.15, 0.2) is 0 Å². The van der Waals surface area contributed by atoms with Crippen molar-refractivity contribution in [1.82, 2.24) is 5.32 Å². The molecule has 0 heterocycles. The van der Waals surface area contributed by atoms with Gasteiger partial charge in [0.25, 0.3) is 0 Å². The second-order valence-corrected chi connectivity index (χ2v) is 3.90. The Morgan fingerprint density at radius 2 is 1.27 bits per heavy atom. The molecule has 0 saturated carbocycles. The molecule has 0 aromatic rings. The molecule has 0 radical (unpaired) electrons. The van der Waals surface area contributed by atoms with Gasteiger partial charge in [-0.25, -0.2) is 0 Å². The molecule has 0 bridgehead atoms. The molecule has 3 nitrogen and oxygen atoms in total. The molecule has 0 amide bonds. The smallest absolute Gasteiger partial charge is 0.107 e. The van der Waals surface area contributed by atoms with Crippen molar-refractivity contribution in [2.24, 2.45) is 0 Å². The Morgan fingerprint density at radius 3 is 1.60 bits per heavy atom. The number of rotatable bonds is 10. The highest BCUT2D eigenvalue weighted by atomic mass is 16.5. The van der Waals surface area contributed by atoms with Crippen molar-refractivity contribution in [2.75, 3.05) is 13.2 Å². The molecule has 0 aliphatic heterocycles. The van der Waals surface area contributed by atoms with Crippen LogP contribution >= 0.6 is 0 Å². The number of hydrogen-bond donors (Lipinski definition) is 1. The van der Waals surface area contributed by atoms with E-state index >= 15 is 0 Å². The molecule has 0 fully saturated rings. The summed E-state index contributed by atoms with van der Waals surface area (Å²) in [7, 11) is 0. The molecular weight excluding hydrogens is 190 g/mol. The number of hydrogen-bond acceptors (Lipinski definition) is 3. The van der Waals surface area contributed by atoms with Gasteiger partial charge in [0.15, 0.2) is 0 Å². The van der Waals surface area contributed by atoms with Crippen LogP contribution in [0.1, 0.15) is 53.4 Å². The molecular formula is C12H27NO2. The Balaban J connectivity index is 3.35. The highest BCUT2D eigenvalue weighted by molar-refractivity contribution is 4.51. The molecule has 0 saturated heterocycles. The van der Waals surface area contributed by atoms with Crippen LogP contribution in [-0.4, -0.2) is 25.7 Å². The molecule has 0 rings (SSSR count). The predicted octanol–water partition coefficient (Wildman–Crippen LogP) is 2.90. The molecule has 0 aromatic heterocycles. The minimum absolute atomic E-state index is 0.0770. The zero-order valence-corrected chi connectivity index (χ0v) is 10.7. The second kappa shape index (κ2) is 10.4. The summed E-state index contributed by atoms with van der Waals surface area (Å²) in [6, 6.07) is 0. The Kier molecular flexibility index (Phi) is 10.3. The summed E-state index contributed by atoms with van der Waals surface area (Å²) < 4.78 is 11.1. The van der Waals surface area contributed by atoms with E-state index in [9.17, 15) is 0 Å². The normalized spacial score (nSPS) is 15.2. The molecule has 0 aromatic carbocycles. The van der Waals surface area contributed by atoms with E-state index in [1.165, 1.54) is 12.8 Å². The van der Waals surface area contributed by atoms with Crippen LogP contribution in [0.5, 0.6) is 0 Å². The first-order chi connectivity index (χ1) is 7.20. The summed E-state index contributed by atoms with van der Waals surface area (Å²) in [5.74, 6) is 0. The third kappa shape index (κ3) is 10.2. The zero-order valence-electron chi connectivity index (χ0n) is 10.7. The maximum Gasteiger partial charge on any atom is 0.107 e.